The van der Waals surface area contributed by atoms with Gasteiger partial charge in [-0.05, 0) is 79.2 Å². The first-order valence-corrected chi connectivity index (χ1v) is 14.6. The van der Waals surface area contributed by atoms with Gasteiger partial charge >= 0.3 is 0 Å². The maximum absolute atomic E-state index is 6.23. The van der Waals surface area contributed by atoms with Gasteiger partial charge in [0.25, 0.3) is 0 Å². The van der Waals surface area contributed by atoms with Gasteiger partial charge in [-0.3, -0.25) is 0 Å². The van der Waals surface area contributed by atoms with Crippen molar-refractivity contribution in [3.05, 3.63) is 152 Å². The fraction of sp³-hybridized carbons (Fsp3) is 0. The second-order valence-electron chi connectivity index (χ2n) is 11.1. The number of rotatable bonds is 3. The Morgan fingerprint density at radius 2 is 0.907 bits per heavy atom. The number of para-hydroxylation sites is 1. The zero-order chi connectivity index (χ0) is 28.3. The summed E-state index contributed by atoms with van der Waals surface area (Å²) in [6.45, 7) is 0. The lowest BCUT2D eigenvalue weighted by Gasteiger charge is -2.18. The smallest absolute Gasteiger partial charge is 0.227 e. The van der Waals surface area contributed by atoms with Crippen molar-refractivity contribution in [3.8, 4) is 33.4 Å². The molecule has 200 valence electrons. The van der Waals surface area contributed by atoms with Crippen LogP contribution < -0.4 is 0 Å². The molecule has 2 aromatic heterocycles. The number of nitrogens with zero attached hydrogens (tertiary/aromatic N) is 1. The summed E-state index contributed by atoms with van der Waals surface area (Å²) < 4.78 is 6.23. The maximum atomic E-state index is 6.23. The molecule has 0 radical (unpaired) electrons. The standard InChI is InChI=1S/C41H25NO/c1-2-10-26(11-3-1)27-18-20-28(21-19-27)39-31-13-5-7-15-33(31)40(34-16-8-6-14-32(34)39)30-22-23-38-35(25-30)36-24-29-12-4-9-17-37(29)42-41(36)43-38/h1-25H. The lowest BCUT2D eigenvalue weighted by molar-refractivity contribution is 0.656. The Balaban J connectivity index is 1.29. The quantitative estimate of drug-likeness (QED) is 0.206. The second kappa shape index (κ2) is 9.40. The van der Waals surface area contributed by atoms with Crippen molar-refractivity contribution in [1.82, 2.24) is 4.98 Å². The number of furan rings is 1. The van der Waals surface area contributed by atoms with E-state index in [0.29, 0.717) is 5.71 Å². The average Bonchev–Trinajstić information content (AvgIpc) is 3.43. The Morgan fingerprint density at radius 1 is 0.372 bits per heavy atom. The van der Waals surface area contributed by atoms with Gasteiger partial charge in [0.1, 0.15) is 5.58 Å². The Labute approximate surface area is 248 Å². The van der Waals surface area contributed by atoms with Gasteiger partial charge in [0.2, 0.25) is 5.71 Å². The van der Waals surface area contributed by atoms with Gasteiger partial charge in [-0.2, -0.15) is 0 Å². The monoisotopic (exact) mass is 547 g/mol. The van der Waals surface area contributed by atoms with Crippen LogP contribution in [0.3, 0.4) is 0 Å². The van der Waals surface area contributed by atoms with E-state index >= 15 is 0 Å². The molecular weight excluding hydrogens is 522 g/mol. The van der Waals surface area contributed by atoms with Crippen LogP contribution in [0.2, 0.25) is 0 Å². The number of hydrogen-bond donors (Lipinski definition) is 0. The van der Waals surface area contributed by atoms with Crippen LogP contribution in [-0.2, 0) is 0 Å². The fourth-order valence-electron chi connectivity index (χ4n) is 6.67. The first kappa shape index (κ1) is 23.9. The lowest BCUT2D eigenvalue weighted by atomic mass is 9.85. The van der Waals surface area contributed by atoms with Gasteiger partial charge in [0.05, 0.1) is 5.52 Å². The summed E-state index contributed by atoms with van der Waals surface area (Å²) in [6, 6.07) is 54.1. The number of pyridine rings is 1. The van der Waals surface area contributed by atoms with Crippen molar-refractivity contribution in [2.75, 3.05) is 0 Å². The Hall–Kier alpha value is -5.73. The molecule has 0 N–H and O–H groups in total. The van der Waals surface area contributed by atoms with Crippen molar-refractivity contribution in [3.63, 3.8) is 0 Å². The van der Waals surface area contributed by atoms with Gasteiger partial charge in [0, 0.05) is 16.2 Å². The summed E-state index contributed by atoms with van der Waals surface area (Å²) in [4.78, 5) is 4.82. The molecule has 7 aromatic carbocycles. The molecule has 2 heteroatoms. The van der Waals surface area contributed by atoms with Crippen LogP contribution in [0.4, 0.5) is 0 Å². The molecule has 43 heavy (non-hydrogen) atoms. The van der Waals surface area contributed by atoms with E-state index in [1.165, 1.54) is 54.9 Å². The van der Waals surface area contributed by atoms with E-state index in [-0.39, 0.29) is 0 Å². The van der Waals surface area contributed by atoms with Crippen LogP contribution >= 0.6 is 0 Å². The molecule has 0 aliphatic carbocycles. The maximum Gasteiger partial charge on any atom is 0.227 e. The summed E-state index contributed by atoms with van der Waals surface area (Å²) in [7, 11) is 0. The van der Waals surface area contributed by atoms with Gasteiger partial charge in [-0.1, -0.05) is 127 Å². The lowest BCUT2D eigenvalue weighted by Crippen LogP contribution is -1.91. The van der Waals surface area contributed by atoms with Crippen LogP contribution in [0.5, 0.6) is 0 Å². The summed E-state index contributed by atoms with van der Waals surface area (Å²) in [6.07, 6.45) is 0. The van der Waals surface area contributed by atoms with E-state index in [4.69, 9.17) is 9.40 Å². The average molecular weight is 548 g/mol. The Morgan fingerprint density at radius 3 is 1.60 bits per heavy atom. The highest BCUT2D eigenvalue weighted by molar-refractivity contribution is 6.22. The fourth-order valence-corrected chi connectivity index (χ4v) is 6.67. The summed E-state index contributed by atoms with van der Waals surface area (Å²) in [5.74, 6) is 0. The molecule has 0 saturated carbocycles. The minimum absolute atomic E-state index is 0.676. The third-order valence-corrected chi connectivity index (χ3v) is 8.67. The van der Waals surface area contributed by atoms with Gasteiger partial charge in [0.15, 0.2) is 0 Å². The molecule has 9 rings (SSSR count). The number of aromatic nitrogens is 1. The number of benzene rings is 7. The Bertz CT molecular complexity index is 2430. The third kappa shape index (κ3) is 3.77. The molecule has 0 unspecified atom stereocenters. The van der Waals surface area contributed by atoms with Crippen molar-refractivity contribution >= 4 is 54.5 Å². The molecule has 0 spiro atoms. The summed E-state index contributed by atoms with van der Waals surface area (Å²) in [5.41, 5.74) is 9.80. The van der Waals surface area contributed by atoms with Crippen LogP contribution in [0.15, 0.2) is 156 Å². The zero-order valence-corrected chi connectivity index (χ0v) is 23.3. The highest BCUT2D eigenvalue weighted by Crippen LogP contribution is 2.45. The molecule has 0 atom stereocenters. The van der Waals surface area contributed by atoms with E-state index < -0.39 is 0 Å². The molecule has 0 fully saturated rings. The highest BCUT2D eigenvalue weighted by Gasteiger charge is 2.18. The SMILES string of the molecule is c1ccc(-c2ccc(-c3c4ccccc4c(-c4ccc5oc6nc7ccccc7cc6c5c4)c4ccccc34)cc2)cc1. The van der Waals surface area contributed by atoms with E-state index in [1.807, 2.05) is 12.1 Å². The van der Waals surface area contributed by atoms with E-state index in [2.05, 4.69) is 140 Å². The summed E-state index contributed by atoms with van der Waals surface area (Å²) in [5, 5.41) is 8.19. The zero-order valence-electron chi connectivity index (χ0n) is 23.3. The third-order valence-electron chi connectivity index (χ3n) is 8.67. The number of hydrogen-bond acceptors (Lipinski definition) is 2. The normalized spacial score (nSPS) is 11.7. The highest BCUT2D eigenvalue weighted by atomic mass is 16.3. The molecule has 9 aromatic rings. The van der Waals surface area contributed by atoms with E-state index in [9.17, 15) is 0 Å². The largest absolute Gasteiger partial charge is 0.438 e. The predicted octanol–water partition coefficient (Wildman–Crippen LogP) is 11.4. The minimum atomic E-state index is 0.676. The molecule has 0 amide bonds. The van der Waals surface area contributed by atoms with Crippen molar-refractivity contribution in [2.24, 2.45) is 0 Å². The molecule has 2 nitrogen and oxygen atoms in total. The van der Waals surface area contributed by atoms with Crippen LogP contribution in [0.25, 0.3) is 87.9 Å². The van der Waals surface area contributed by atoms with Crippen molar-refractivity contribution < 1.29 is 4.42 Å². The second-order valence-corrected chi connectivity index (χ2v) is 11.1. The van der Waals surface area contributed by atoms with Crippen LogP contribution in [-0.4, -0.2) is 4.98 Å². The van der Waals surface area contributed by atoms with E-state index in [1.54, 1.807) is 0 Å². The van der Waals surface area contributed by atoms with Crippen molar-refractivity contribution in [1.29, 1.82) is 0 Å². The van der Waals surface area contributed by atoms with Gasteiger partial charge < -0.3 is 4.42 Å². The summed E-state index contributed by atoms with van der Waals surface area (Å²) >= 11 is 0. The molecule has 0 aliphatic heterocycles. The van der Waals surface area contributed by atoms with Gasteiger partial charge in [-0.25, -0.2) is 4.98 Å². The topological polar surface area (TPSA) is 26.0 Å². The van der Waals surface area contributed by atoms with Crippen LogP contribution in [0.1, 0.15) is 0 Å². The minimum Gasteiger partial charge on any atom is -0.438 e. The van der Waals surface area contributed by atoms with Crippen LogP contribution in [0, 0.1) is 0 Å². The molecule has 0 aliphatic rings. The Kier molecular flexibility index (Phi) is 5.23. The first-order valence-electron chi connectivity index (χ1n) is 14.6. The van der Waals surface area contributed by atoms with Gasteiger partial charge in [-0.15, -0.1) is 0 Å². The van der Waals surface area contributed by atoms with E-state index in [0.717, 1.165) is 27.3 Å². The first-order chi connectivity index (χ1) is 21.3. The molecule has 2 heterocycles. The molecule has 0 bridgehead atoms. The predicted molar refractivity (Wildman–Crippen MR) is 180 cm³/mol. The van der Waals surface area contributed by atoms with Crippen molar-refractivity contribution in [2.45, 2.75) is 0 Å². The number of fused-ring (bicyclic) bond motifs is 6. The molecule has 0 saturated heterocycles. The molecular formula is C41H25NO.